The van der Waals surface area contributed by atoms with Gasteiger partial charge in [-0.15, -0.1) is 0 Å². The maximum Gasteiger partial charge on any atom is 0.0659 e. The van der Waals surface area contributed by atoms with E-state index in [9.17, 15) is 0 Å². The van der Waals surface area contributed by atoms with Crippen LogP contribution in [0.25, 0.3) is 0 Å². The van der Waals surface area contributed by atoms with Crippen molar-refractivity contribution in [3.05, 3.63) is 30.1 Å². The van der Waals surface area contributed by atoms with Crippen LogP contribution in [0, 0.1) is 0 Å². The molecular weight excluding hydrogens is 164 g/mol. The monoisotopic (exact) mass is 180 g/mol. The smallest absolute Gasteiger partial charge is 0.0659 e. The molecule has 0 aliphatic rings. The first-order valence-corrected chi connectivity index (χ1v) is 4.58. The van der Waals surface area contributed by atoms with Crippen LogP contribution >= 0.6 is 0 Å². The Morgan fingerprint density at radius 2 is 2.46 bits per heavy atom. The molecule has 1 unspecified atom stereocenters. The van der Waals surface area contributed by atoms with Crippen molar-refractivity contribution < 1.29 is 4.74 Å². The second-order valence-corrected chi connectivity index (χ2v) is 2.97. The van der Waals surface area contributed by atoms with E-state index >= 15 is 0 Å². The largest absolute Gasteiger partial charge is 0.379 e. The second kappa shape index (κ2) is 5.67. The molecule has 0 bridgehead atoms. The van der Waals surface area contributed by atoms with Gasteiger partial charge in [-0.3, -0.25) is 4.98 Å². The SMILES string of the molecule is CCCOCC(N)c1cccnc1. The van der Waals surface area contributed by atoms with Crippen molar-refractivity contribution in [2.45, 2.75) is 19.4 Å². The number of ether oxygens (including phenoxy) is 1. The summed E-state index contributed by atoms with van der Waals surface area (Å²) in [5.41, 5.74) is 6.90. The summed E-state index contributed by atoms with van der Waals surface area (Å²) < 4.78 is 5.35. The van der Waals surface area contributed by atoms with Crippen LogP contribution in [0.5, 0.6) is 0 Å². The summed E-state index contributed by atoms with van der Waals surface area (Å²) in [6, 6.07) is 3.79. The van der Waals surface area contributed by atoms with Crippen LogP contribution in [-0.2, 0) is 4.74 Å². The van der Waals surface area contributed by atoms with E-state index in [1.54, 1.807) is 12.4 Å². The predicted octanol–water partition coefficient (Wildman–Crippen LogP) is 1.51. The van der Waals surface area contributed by atoms with E-state index in [-0.39, 0.29) is 6.04 Å². The Morgan fingerprint density at radius 3 is 3.08 bits per heavy atom. The number of hydrogen-bond acceptors (Lipinski definition) is 3. The highest BCUT2D eigenvalue weighted by molar-refractivity contribution is 5.12. The first kappa shape index (κ1) is 10.2. The van der Waals surface area contributed by atoms with E-state index in [4.69, 9.17) is 10.5 Å². The highest BCUT2D eigenvalue weighted by atomic mass is 16.5. The van der Waals surface area contributed by atoms with Crippen molar-refractivity contribution in [2.24, 2.45) is 5.73 Å². The molecule has 0 saturated heterocycles. The van der Waals surface area contributed by atoms with Crippen molar-refractivity contribution in [2.75, 3.05) is 13.2 Å². The lowest BCUT2D eigenvalue weighted by Gasteiger charge is -2.11. The molecule has 72 valence electrons. The maximum atomic E-state index is 5.87. The van der Waals surface area contributed by atoms with Crippen molar-refractivity contribution in [1.29, 1.82) is 0 Å². The number of hydrogen-bond donors (Lipinski definition) is 1. The first-order valence-electron chi connectivity index (χ1n) is 4.58. The first-order chi connectivity index (χ1) is 6.34. The molecule has 1 atom stereocenters. The van der Waals surface area contributed by atoms with Crippen LogP contribution in [0.2, 0.25) is 0 Å². The number of rotatable bonds is 5. The van der Waals surface area contributed by atoms with E-state index in [0.717, 1.165) is 18.6 Å². The van der Waals surface area contributed by atoms with Crippen LogP contribution in [-0.4, -0.2) is 18.2 Å². The van der Waals surface area contributed by atoms with Crippen LogP contribution in [0.1, 0.15) is 24.9 Å². The summed E-state index contributed by atoms with van der Waals surface area (Å²) in [5, 5.41) is 0. The lowest BCUT2D eigenvalue weighted by atomic mass is 10.1. The van der Waals surface area contributed by atoms with Crippen molar-refractivity contribution in [3.63, 3.8) is 0 Å². The summed E-state index contributed by atoms with van der Waals surface area (Å²) in [6.07, 6.45) is 4.54. The molecule has 0 radical (unpaired) electrons. The van der Waals surface area contributed by atoms with Crippen LogP contribution in [0.15, 0.2) is 24.5 Å². The molecule has 1 aromatic rings. The molecule has 0 aliphatic carbocycles. The summed E-state index contributed by atoms with van der Waals surface area (Å²) in [6.45, 7) is 3.42. The molecule has 0 amide bonds. The van der Waals surface area contributed by atoms with Gasteiger partial charge >= 0.3 is 0 Å². The summed E-state index contributed by atoms with van der Waals surface area (Å²) in [5.74, 6) is 0. The molecule has 0 saturated carbocycles. The normalized spacial score (nSPS) is 12.8. The van der Waals surface area contributed by atoms with Crippen LogP contribution in [0.3, 0.4) is 0 Å². The lowest BCUT2D eigenvalue weighted by molar-refractivity contribution is 0.121. The van der Waals surface area contributed by atoms with E-state index in [0.29, 0.717) is 6.61 Å². The van der Waals surface area contributed by atoms with Gasteiger partial charge in [-0.2, -0.15) is 0 Å². The van der Waals surface area contributed by atoms with Gasteiger partial charge in [0, 0.05) is 19.0 Å². The van der Waals surface area contributed by atoms with Gasteiger partial charge < -0.3 is 10.5 Å². The Bertz CT molecular complexity index is 226. The highest BCUT2D eigenvalue weighted by Gasteiger charge is 2.04. The molecule has 1 heterocycles. The molecule has 3 heteroatoms. The molecule has 0 spiro atoms. The van der Waals surface area contributed by atoms with E-state index in [1.807, 2.05) is 12.1 Å². The fraction of sp³-hybridized carbons (Fsp3) is 0.500. The number of aromatic nitrogens is 1. The Labute approximate surface area is 78.9 Å². The Balaban J connectivity index is 2.35. The molecule has 0 aliphatic heterocycles. The van der Waals surface area contributed by atoms with Crippen molar-refractivity contribution in [3.8, 4) is 0 Å². The summed E-state index contributed by atoms with van der Waals surface area (Å²) >= 11 is 0. The second-order valence-electron chi connectivity index (χ2n) is 2.97. The van der Waals surface area contributed by atoms with Crippen molar-refractivity contribution in [1.82, 2.24) is 4.98 Å². The topological polar surface area (TPSA) is 48.1 Å². The van der Waals surface area contributed by atoms with Crippen LogP contribution < -0.4 is 5.73 Å². The number of nitrogens with two attached hydrogens (primary N) is 1. The fourth-order valence-corrected chi connectivity index (χ4v) is 1.05. The standard InChI is InChI=1S/C10H16N2O/c1-2-6-13-8-10(11)9-4-3-5-12-7-9/h3-5,7,10H,2,6,8,11H2,1H3. The van der Waals surface area contributed by atoms with Crippen molar-refractivity contribution >= 4 is 0 Å². The van der Waals surface area contributed by atoms with Crippen LogP contribution in [0.4, 0.5) is 0 Å². The molecule has 1 aromatic heterocycles. The van der Waals surface area contributed by atoms with Gasteiger partial charge in [0.15, 0.2) is 0 Å². The van der Waals surface area contributed by atoms with Gasteiger partial charge in [-0.25, -0.2) is 0 Å². The van der Waals surface area contributed by atoms with Gasteiger partial charge in [-0.05, 0) is 18.1 Å². The van der Waals surface area contributed by atoms with Gasteiger partial charge in [0.2, 0.25) is 0 Å². The Hall–Kier alpha value is -0.930. The van der Waals surface area contributed by atoms with E-state index in [1.165, 1.54) is 0 Å². The number of pyridine rings is 1. The molecule has 13 heavy (non-hydrogen) atoms. The van der Waals surface area contributed by atoms with E-state index in [2.05, 4.69) is 11.9 Å². The van der Waals surface area contributed by atoms with Gasteiger partial charge in [0.05, 0.1) is 12.6 Å². The molecule has 0 aromatic carbocycles. The molecule has 2 N–H and O–H groups in total. The minimum absolute atomic E-state index is 0.0553. The van der Waals surface area contributed by atoms with Gasteiger partial charge in [-0.1, -0.05) is 13.0 Å². The molecule has 1 rings (SSSR count). The Kier molecular flexibility index (Phi) is 4.43. The highest BCUT2D eigenvalue weighted by Crippen LogP contribution is 2.07. The third-order valence-electron chi connectivity index (χ3n) is 1.76. The average Bonchev–Trinajstić information content (AvgIpc) is 2.19. The Morgan fingerprint density at radius 1 is 1.62 bits per heavy atom. The maximum absolute atomic E-state index is 5.87. The molecule has 3 nitrogen and oxygen atoms in total. The predicted molar refractivity (Wildman–Crippen MR) is 52.3 cm³/mol. The zero-order valence-electron chi connectivity index (χ0n) is 7.94. The summed E-state index contributed by atoms with van der Waals surface area (Å²) in [7, 11) is 0. The zero-order chi connectivity index (χ0) is 9.52. The average molecular weight is 180 g/mol. The van der Waals surface area contributed by atoms with Gasteiger partial charge in [0.1, 0.15) is 0 Å². The minimum Gasteiger partial charge on any atom is -0.379 e. The minimum atomic E-state index is -0.0553. The third-order valence-corrected chi connectivity index (χ3v) is 1.76. The number of nitrogens with zero attached hydrogens (tertiary/aromatic N) is 1. The zero-order valence-corrected chi connectivity index (χ0v) is 7.94. The van der Waals surface area contributed by atoms with E-state index < -0.39 is 0 Å². The molecule has 0 fully saturated rings. The molecular formula is C10H16N2O. The third kappa shape index (κ3) is 3.53. The lowest BCUT2D eigenvalue weighted by Crippen LogP contribution is -2.17. The van der Waals surface area contributed by atoms with Gasteiger partial charge in [0.25, 0.3) is 0 Å². The summed E-state index contributed by atoms with van der Waals surface area (Å²) in [4.78, 5) is 4.00. The quantitative estimate of drug-likeness (QED) is 0.699. The fourth-order valence-electron chi connectivity index (χ4n) is 1.05.